The van der Waals surface area contributed by atoms with Gasteiger partial charge in [0.25, 0.3) is 0 Å². The van der Waals surface area contributed by atoms with Crippen LogP contribution < -0.4 is 5.73 Å². The van der Waals surface area contributed by atoms with Crippen LogP contribution in [-0.2, 0) is 0 Å². The standard InChI is InChI=1S/C13H14FN3/c1-8-4-10(14)11(15)5-13(8)17-6-12(16-7-17)9-2-3-9/h4-7,9H,2-3,15H2,1H3. The number of halogens is 1. The second-order valence-electron chi connectivity index (χ2n) is 4.64. The first-order chi connectivity index (χ1) is 8.15. The van der Waals surface area contributed by atoms with E-state index in [0.29, 0.717) is 5.92 Å². The molecule has 1 fully saturated rings. The molecular weight excluding hydrogens is 217 g/mol. The predicted molar refractivity (Wildman–Crippen MR) is 64.6 cm³/mol. The number of hydrogen-bond acceptors (Lipinski definition) is 2. The minimum absolute atomic E-state index is 0.173. The van der Waals surface area contributed by atoms with Gasteiger partial charge in [-0.15, -0.1) is 0 Å². The van der Waals surface area contributed by atoms with Gasteiger partial charge in [0.15, 0.2) is 0 Å². The van der Waals surface area contributed by atoms with Crippen LogP contribution in [-0.4, -0.2) is 9.55 Å². The zero-order valence-electron chi connectivity index (χ0n) is 9.65. The number of hydrogen-bond donors (Lipinski definition) is 1. The largest absolute Gasteiger partial charge is 0.396 e. The van der Waals surface area contributed by atoms with Gasteiger partial charge in [-0.1, -0.05) is 0 Å². The van der Waals surface area contributed by atoms with Crippen LogP contribution in [0.25, 0.3) is 5.69 Å². The zero-order chi connectivity index (χ0) is 12.0. The highest BCUT2D eigenvalue weighted by Crippen LogP contribution is 2.39. The summed E-state index contributed by atoms with van der Waals surface area (Å²) in [5.41, 5.74) is 8.64. The quantitative estimate of drug-likeness (QED) is 0.808. The average molecular weight is 231 g/mol. The molecule has 1 saturated carbocycles. The van der Waals surface area contributed by atoms with Crippen molar-refractivity contribution in [1.82, 2.24) is 9.55 Å². The molecule has 1 aliphatic rings. The van der Waals surface area contributed by atoms with Crippen LogP contribution in [0.1, 0.15) is 30.0 Å². The van der Waals surface area contributed by atoms with E-state index in [9.17, 15) is 4.39 Å². The summed E-state index contributed by atoms with van der Waals surface area (Å²) in [4.78, 5) is 4.38. The number of benzene rings is 1. The fourth-order valence-electron chi connectivity index (χ4n) is 2.02. The lowest BCUT2D eigenvalue weighted by atomic mass is 10.1. The molecule has 0 aliphatic heterocycles. The maximum Gasteiger partial charge on any atom is 0.146 e. The van der Waals surface area contributed by atoms with Gasteiger partial charge >= 0.3 is 0 Å². The zero-order valence-corrected chi connectivity index (χ0v) is 9.65. The van der Waals surface area contributed by atoms with Crippen LogP contribution in [0.5, 0.6) is 0 Å². The fourth-order valence-corrected chi connectivity index (χ4v) is 2.02. The lowest BCUT2D eigenvalue weighted by molar-refractivity contribution is 0.631. The van der Waals surface area contributed by atoms with Crippen molar-refractivity contribution in [2.24, 2.45) is 0 Å². The molecule has 0 radical (unpaired) electrons. The van der Waals surface area contributed by atoms with Crippen molar-refractivity contribution in [3.63, 3.8) is 0 Å². The van der Waals surface area contributed by atoms with Crippen LogP contribution in [0.15, 0.2) is 24.7 Å². The summed E-state index contributed by atoms with van der Waals surface area (Å²) in [7, 11) is 0. The van der Waals surface area contributed by atoms with Gasteiger partial charge in [0.1, 0.15) is 5.82 Å². The summed E-state index contributed by atoms with van der Waals surface area (Å²) in [5.74, 6) is 0.253. The van der Waals surface area contributed by atoms with Gasteiger partial charge in [-0.05, 0) is 37.5 Å². The molecule has 4 heteroatoms. The summed E-state index contributed by atoms with van der Waals surface area (Å²) in [6.07, 6.45) is 6.23. The number of imidazole rings is 1. The van der Waals surface area contributed by atoms with Gasteiger partial charge in [0, 0.05) is 12.1 Å². The van der Waals surface area contributed by atoms with Gasteiger partial charge in [-0.3, -0.25) is 0 Å². The van der Waals surface area contributed by atoms with Crippen LogP contribution in [0.4, 0.5) is 10.1 Å². The Balaban J connectivity index is 2.04. The lowest BCUT2D eigenvalue weighted by Gasteiger charge is -2.08. The molecule has 0 atom stereocenters. The Morgan fingerprint density at radius 3 is 2.88 bits per heavy atom. The number of nitrogens with zero attached hydrogens (tertiary/aromatic N) is 2. The summed E-state index contributed by atoms with van der Waals surface area (Å²) >= 11 is 0. The number of nitrogen functional groups attached to an aromatic ring is 1. The molecule has 3 rings (SSSR count). The van der Waals surface area contributed by atoms with Crippen molar-refractivity contribution in [3.8, 4) is 5.69 Å². The molecule has 0 bridgehead atoms. The Hall–Kier alpha value is -1.84. The van der Waals surface area contributed by atoms with E-state index in [1.807, 2.05) is 17.7 Å². The molecule has 0 amide bonds. The van der Waals surface area contributed by atoms with E-state index in [4.69, 9.17) is 5.73 Å². The first kappa shape index (κ1) is 10.3. The molecule has 0 spiro atoms. The van der Waals surface area contributed by atoms with E-state index >= 15 is 0 Å². The second-order valence-corrected chi connectivity index (χ2v) is 4.64. The third-order valence-electron chi connectivity index (χ3n) is 3.19. The topological polar surface area (TPSA) is 43.8 Å². The Morgan fingerprint density at radius 1 is 1.41 bits per heavy atom. The Kier molecular flexibility index (Phi) is 2.18. The maximum atomic E-state index is 13.3. The fraction of sp³-hybridized carbons (Fsp3) is 0.308. The lowest BCUT2D eigenvalue weighted by Crippen LogP contribution is -1.99. The monoisotopic (exact) mass is 231 g/mol. The second kappa shape index (κ2) is 3.58. The van der Waals surface area contributed by atoms with E-state index in [2.05, 4.69) is 4.98 Å². The molecule has 2 N–H and O–H groups in total. The minimum Gasteiger partial charge on any atom is -0.396 e. The first-order valence-electron chi connectivity index (χ1n) is 5.75. The molecule has 0 unspecified atom stereocenters. The van der Waals surface area contributed by atoms with E-state index < -0.39 is 0 Å². The molecular formula is C13H14FN3. The Morgan fingerprint density at radius 2 is 2.18 bits per heavy atom. The van der Waals surface area contributed by atoms with E-state index in [0.717, 1.165) is 16.9 Å². The van der Waals surface area contributed by atoms with Gasteiger partial charge in [-0.25, -0.2) is 9.37 Å². The number of aryl methyl sites for hydroxylation is 1. The number of anilines is 1. The molecule has 1 aromatic heterocycles. The SMILES string of the molecule is Cc1cc(F)c(N)cc1-n1cnc(C2CC2)c1. The molecule has 2 aromatic rings. The highest BCUT2D eigenvalue weighted by Gasteiger charge is 2.25. The summed E-state index contributed by atoms with van der Waals surface area (Å²) in [5, 5.41) is 0. The normalized spacial score (nSPS) is 15.2. The average Bonchev–Trinajstić information content (AvgIpc) is 3.03. The van der Waals surface area contributed by atoms with Crippen molar-refractivity contribution in [3.05, 3.63) is 41.7 Å². The Labute approximate surface area is 99.1 Å². The first-order valence-corrected chi connectivity index (χ1v) is 5.75. The summed E-state index contributed by atoms with van der Waals surface area (Å²) in [6, 6.07) is 3.12. The van der Waals surface area contributed by atoms with Crippen LogP contribution in [0.2, 0.25) is 0 Å². The predicted octanol–water partition coefficient (Wildman–Crippen LogP) is 2.78. The molecule has 88 valence electrons. The highest BCUT2D eigenvalue weighted by molar-refractivity contribution is 5.53. The van der Waals surface area contributed by atoms with Crippen molar-refractivity contribution < 1.29 is 4.39 Å². The van der Waals surface area contributed by atoms with Gasteiger partial charge in [0.05, 0.1) is 23.4 Å². The van der Waals surface area contributed by atoms with E-state index in [1.165, 1.54) is 18.9 Å². The van der Waals surface area contributed by atoms with Gasteiger partial charge in [-0.2, -0.15) is 0 Å². The molecule has 3 nitrogen and oxygen atoms in total. The van der Waals surface area contributed by atoms with Crippen LogP contribution >= 0.6 is 0 Å². The van der Waals surface area contributed by atoms with Gasteiger partial charge < -0.3 is 10.3 Å². The van der Waals surface area contributed by atoms with Crippen molar-refractivity contribution in [1.29, 1.82) is 0 Å². The maximum absolute atomic E-state index is 13.3. The highest BCUT2D eigenvalue weighted by atomic mass is 19.1. The van der Waals surface area contributed by atoms with Crippen molar-refractivity contribution >= 4 is 5.69 Å². The molecule has 1 aromatic carbocycles. The number of rotatable bonds is 2. The molecule has 0 saturated heterocycles. The minimum atomic E-state index is -0.367. The van der Waals surface area contributed by atoms with E-state index in [1.54, 1.807) is 12.4 Å². The van der Waals surface area contributed by atoms with Crippen LogP contribution in [0.3, 0.4) is 0 Å². The smallest absolute Gasteiger partial charge is 0.146 e. The molecule has 17 heavy (non-hydrogen) atoms. The number of nitrogens with two attached hydrogens (primary N) is 1. The number of aromatic nitrogens is 2. The molecule has 1 heterocycles. The third kappa shape index (κ3) is 1.79. The molecule has 1 aliphatic carbocycles. The summed E-state index contributed by atoms with van der Waals surface area (Å²) < 4.78 is 15.2. The van der Waals surface area contributed by atoms with Crippen LogP contribution in [0, 0.1) is 12.7 Å². The van der Waals surface area contributed by atoms with E-state index in [-0.39, 0.29) is 11.5 Å². The van der Waals surface area contributed by atoms with Gasteiger partial charge in [0.2, 0.25) is 0 Å². The summed E-state index contributed by atoms with van der Waals surface area (Å²) in [6.45, 7) is 1.87. The van der Waals surface area contributed by atoms with Crippen molar-refractivity contribution in [2.45, 2.75) is 25.7 Å². The van der Waals surface area contributed by atoms with Crippen molar-refractivity contribution in [2.75, 3.05) is 5.73 Å². The third-order valence-corrected chi connectivity index (χ3v) is 3.19. The Bertz CT molecular complexity index is 570.